The molecular formula is C25H21ClFN3O3S. The molecule has 0 saturated heterocycles. The minimum atomic E-state index is -0.536. The van der Waals surface area contributed by atoms with E-state index in [0.29, 0.717) is 38.8 Å². The summed E-state index contributed by atoms with van der Waals surface area (Å²) in [5.74, 6) is 2.02. The topological polar surface area (TPSA) is 58.4 Å². The minimum Gasteiger partial charge on any atom is -0.484 e. The minimum absolute atomic E-state index is 0.225. The van der Waals surface area contributed by atoms with Gasteiger partial charge in [-0.1, -0.05) is 65.8 Å². The fraction of sp³-hybridized carbons (Fsp3) is 0.200. The molecule has 0 bridgehead atoms. The van der Waals surface area contributed by atoms with Crippen LogP contribution in [0.15, 0.2) is 71.9 Å². The molecule has 4 aromatic rings. The molecule has 5 rings (SSSR count). The Bertz CT molecular complexity index is 1300. The van der Waals surface area contributed by atoms with E-state index in [9.17, 15) is 4.39 Å². The number of aromatic nitrogens is 3. The Morgan fingerprint density at radius 1 is 1.12 bits per heavy atom. The lowest BCUT2D eigenvalue weighted by molar-refractivity contribution is -0.112. The van der Waals surface area contributed by atoms with Crippen molar-refractivity contribution in [3.8, 4) is 11.5 Å². The van der Waals surface area contributed by atoms with Gasteiger partial charge in [0.1, 0.15) is 23.9 Å². The molecule has 3 aromatic carbocycles. The maximum atomic E-state index is 14.3. The van der Waals surface area contributed by atoms with Crippen LogP contribution in [0.1, 0.15) is 28.8 Å². The van der Waals surface area contributed by atoms with Crippen molar-refractivity contribution in [1.29, 1.82) is 0 Å². The van der Waals surface area contributed by atoms with Gasteiger partial charge in [0.05, 0.1) is 11.6 Å². The lowest BCUT2D eigenvalue weighted by atomic mass is 10.1. The number of thioether (sulfide) groups is 1. The molecule has 1 aromatic heterocycles. The van der Waals surface area contributed by atoms with Crippen LogP contribution in [0, 0.1) is 5.82 Å². The summed E-state index contributed by atoms with van der Waals surface area (Å²) in [6.45, 7) is 0.500. The zero-order valence-electron chi connectivity index (χ0n) is 18.3. The molecular weight excluding hydrogens is 477 g/mol. The van der Waals surface area contributed by atoms with E-state index in [4.69, 9.17) is 25.8 Å². The van der Waals surface area contributed by atoms with Crippen LogP contribution < -0.4 is 9.47 Å². The van der Waals surface area contributed by atoms with Crippen LogP contribution in [-0.4, -0.2) is 14.8 Å². The van der Waals surface area contributed by atoms with E-state index < -0.39 is 6.29 Å². The second-order valence-corrected chi connectivity index (χ2v) is 9.04. The van der Waals surface area contributed by atoms with Gasteiger partial charge >= 0.3 is 0 Å². The lowest BCUT2D eigenvalue weighted by Crippen LogP contribution is -2.19. The molecule has 0 aliphatic carbocycles. The standard InChI is InChI=1S/C25H21ClFN3O3S/c1-30-22(14-31-21-10-6-5-9-20(21)26)28-29-25(30)34-15-18-12-19(27)11-17-13-32-24(33-23(17)18)16-7-3-2-4-8-16/h2-12,24H,13-15H2,1H3. The lowest BCUT2D eigenvalue weighted by Gasteiger charge is -2.28. The molecule has 0 saturated carbocycles. The van der Waals surface area contributed by atoms with Crippen LogP contribution in [-0.2, 0) is 30.8 Å². The summed E-state index contributed by atoms with van der Waals surface area (Å²) in [4.78, 5) is 0. The van der Waals surface area contributed by atoms with Crippen LogP contribution in [0.2, 0.25) is 5.02 Å². The number of halogens is 2. The molecule has 1 aliphatic rings. The van der Waals surface area contributed by atoms with E-state index in [1.807, 2.05) is 54.1 Å². The monoisotopic (exact) mass is 497 g/mol. The van der Waals surface area contributed by atoms with Gasteiger partial charge in [0.15, 0.2) is 11.0 Å². The van der Waals surface area contributed by atoms with Crippen LogP contribution >= 0.6 is 23.4 Å². The van der Waals surface area contributed by atoms with Gasteiger partial charge in [0.25, 0.3) is 0 Å². The summed E-state index contributed by atoms with van der Waals surface area (Å²) >= 11 is 7.59. The molecule has 1 aliphatic heterocycles. The molecule has 0 amide bonds. The summed E-state index contributed by atoms with van der Waals surface area (Å²) < 4.78 is 33.9. The summed E-state index contributed by atoms with van der Waals surface area (Å²) in [5, 5.41) is 9.71. The van der Waals surface area contributed by atoms with Crippen molar-refractivity contribution in [3.63, 3.8) is 0 Å². The zero-order chi connectivity index (χ0) is 23.5. The van der Waals surface area contributed by atoms with E-state index in [1.165, 1.54) is 23.9 Å². The number of para-hydroxylation sites is 1. The van der Waals surface area contributed by atoms with Crippen molar-refractivity contribution < 1.29 is 18.6 Å². The van der Waals surface area contributed by atoms with Crippen LogP contribution in [0.4, 0.5) is 4.39 Å². The smallest absolute Gasteiger partial charge is 0.227 e. The average molecular weight is 498 g/mol. The van der Waals surface area contributed by atoms with E-state index in [2.05, 4.69) is 10.2 Å². The number of hydrogen-bond acceptors (Lipinski definition) is 6. The second kappa shape index (κ2) is 10.0. The van der Waals surface area contributed by atoms with Gasteiger partial charge in [0.2, 0.25) is 6.29 Å². The highest BCUT2D eigenvalue weighted by Crippen LogP contribution is 2.38. The first-order valence-electron chi connectivity index (χ1n) is 10.6. The van der Waals surface area contributed by atoms with Crippen molar-refractivity contribution in [3.05, 3.63) is 100 Å². The predicted molar refractivity (Wildman–Crippen MR) is 127 cm³/mol. The normalized spacial score (nSPS) is 15.0. The van der Waals surface area contributed by atoms with Crippen molar-refractivity contribution in [2.24, 2.45) is 7.05 Å². The van der Waals surface area contributed by atoms with Gasteiger partial charge in [-0.15, -0.1) is 10.2 Å². The third-order valence-corrected chi connectivity index (χ3v) is 6.75. The first-order chi connectivity index (χ1) is 16.6. The van der Waals surface area contributed by atoms with Crippen LogP contribution in [0.25, 0.3) is 0 Å². The Morgan fingerprint density at radius 2 is 1.91 bits per heavy atom. The fourth-order valence-electron chi connectivity index (χ4n) is 3.60. The first kappa shape index (κ1) is 22.7. The average Bonchev–Trinajstić information content (AvgIpc) is 3.21. The Kier molecular flexibility index (Phi) is 6.71. The van der Waals surface area contributed by atoms with Gasteiger partial charge in [-0.25, -0.2) is 4.39 Å². The number of hydrogen-bond donors (Lipinski definition) is 0. The number of fused-ring (bicyclic) bond motifs is 1. The molecule has 0 N–H and O–H groups in total. The molecule has 174 valence electrons. The number of ether oxygens (including phenoxy) is 3. The van der Waals surface area contributed by atoms with Gasteiger partial charge in [0, 0.05) is 29.5 Å². The van der Waals surface area contributed by atoms with Crippen molar-refractivity contribution in [2.75, 3.05) is 0 Å². The summed E-state index contributed by atoms with van der Waals surface area (Å²) in [7, 11) is 1.87. The fourth-order valence-corrected chi connectivity index (χ4v) is 4.69. The summed E-state index contributed by atoms with van der Waals surface area (Å²) in [6, 6.07) is 19.9. The van der Waals surface area contributed by atoms with Gasteiger partial charge < -0.3 is 18.8 Å². The third-order valence-electron chi connectivity index (χ3n) is 5.37. The number of nitrogens with zero attached hydrogens (tertiary/aromatic N) is 3. The molecule has 0 radical (unpaired) electrons. The van der Waals surface area contributed by atoms with Gasteiger partial charge in [-0.05, 0) is 24.3 Å². The Hall–Kier alpha value is -3.07. The zero-order valence-corrected chi connectivity index (χ0v) is 19.9. The largest absolute Gasteiger partial charge is 0.484 e. The molecule has 1 atom stereocenters. The summed E-state index contributed by atoms with van der Waals surface area (Å²) in [6.07, 6.45) is -0.536. The quantitative estimate of drug-likeness (QED) is 0.288. The van der Waals surface area contributed by atoms with Gasteiger partial charge in [-0.2, -0.15) is 0 Å². The first-order valence-corrected chi connectivity index (χ1v) is 12.0. The molecule has 0 fully saturated rings. The van der Waals surface area contributed by atoms with Gasteiger partial charge in [-0.3, -0.25) is 0 Å². The maximum Gasteiger partial charge on any atom is 0.227 e. The molecule has 9 heteroatoms. The Balaban J connectivity index is 1.30. The number of rotatable bonds is 7. The number of benzene rings is 3. The second-order valence-electron chi connectivity index (χ2n) is 7.69. The SMILES string of the molecule is Cn1c(COc2ccccc2Cl)nnc1SCc1cc(F)cc2c1OC(c1ccccc1)OC2. The molecule has 2 heterocycles. The predicted octanol–water partition coefficient (Wildman–Crippen LogP) is 6.09. The highest BCUT2D eigenvalue weighted by atomic mass is 35.5. The molecule has 1 unspecified atom stereocenters. The highest BCUT2D eigenvalue weighted by molar-refractivity contribution is 7.98. The maximum absolute atomic E-state index is 14.3. The van der Waals surface area contributed by atoms with Crippen molar-refractivity contribution in [1.82, 2.24) is 14.8 Å². The van der Waals surface area contributed by atoms with Crippen LogP contribution in [0.3, 0.4) is 0 Å². The Labute approximate surface area is 205 Å². The third kappa shape index (κ3) is 4.89. The highest BCUT2D eigenvalue weighted by Gasteiger charge is 2.25. The van der Waals surface area contributed by atoms with E-state index in [1.54, 1.807) is 12.1 Å². The van der Waals surface area contributed by atoms with E-state index in [-0.39, 0.29) is 19.0 Å². The molecule has 34 heavy (non-hydrogen) atoms. The van der Waals surface area contributed by atoms with E-state index in [0.717, 1.165) is 11.1 Å². The molecule has 0 spiro atoms. The Morgan fingerprint density at radius 3 is 2.74 bits per heavy atom. The van der Waals surface area contributed by atoms with Crippen molar-refractivity contribution in [2.45, 2.75) is 30.4 Å². The summed E-state index contributed by atoms with van der Waals surface area (Å²) in [5.41, 5.74) is 2.34. The molecule has 6 nitrogen and oxygen atoms in total. The van der Waals surface area contributed by atoms with E-state index >= 15 is 0 Å². The van der Waals surface area contributed by atoms with Crippen LogP contribution in [0.5, 0.6) is 11.5 Å². The van der Waals surface area contributed by atoms with Crippen molar-refractivity contribution >= 4 is 23.4 Å².